The van der Waals surface area contributed by atoms with Gasteiger partial charge in [-0.2, -0.15) is 0 Å². The third-order valence-corrected chi connectivity index (χ3v) is 2.84. The van der Waals surface area contributed by atoms with Gasteiger partial charge in [-0.15, -0.1) is 0 Å². The van der Waals surface area contributed by atoms with Gasteiger partial charge in [0.25, 0.3) is 0 Å². The molecular formula is C15H18N2O2. The Bertz CT molecular complexity index is 556. The predicted octanol–water partition coefficient (Wildman–Crippen LogP) is 2.39. The van der Waals surface area contributed by atoms with Crippen molar-refractivity contribution in [3.8, 4) is 17.0 Å². The molecule has 100 valence electrons. The first-order valence-electron chi connectivity index (χ1n) is 6.33. The zero-order valence-electron chi connectivity index (χ0n) is 11.3. The summed E-state index contributed by atoms with van der Waals surface area (Å²) in [5.74, 6) is 1.56. The van der Waals surface area contributed by atoms with E-state index in [0.29, 0.717) is 12.8 Å². The highest BCUT2D eigenvalue weighted by atomic mass is 16.5. The van der Waals surface area contributed by atoms with E-state index in [-0.39, 0.29) is 6.61 Å². The van der Waals surface area contributed by atoms with Crippen molar-refractivity contribution in [2.45, 2.75) is 19.8 Å². The topological polar surface area (TPSA) is 55.2 Å². The lowest BCUT2D eigenvalue weighted by molar-refractivity contribution is 0.287. The van der Waals surface area contributed by atoms with Crippen molar-refractivity contribution in [2.24, 2.45) is 0 Å². The average molecular weight is 258 g/mol. The van der Waals surface area contributed by atoms with Crippen molar-refractivity contribution in [3.05, 3.63) is 41.9 Å². The fourth-order valence-corrected chi connectivity index (χ4v) is 1.97. The molecule has 4 heteroatoms. The van der Waals surface area contributed by atoms with Gasteiger partial charge in [-0.05, 0) is 31.5 Å². The summed E-state index contributed by atoms with van der Waals surface area (Å²) in [6.45, 7) is 2.10. The highest BCUT2D eigenvalue weighted by Crippen LogP contribution is 2.28. The summed E-state index contributed by atoms with van der Waals surface area (Å²) in [6, 6.07) is 9.74. The summed E-state index contributed by atoms with van der Waals surface area (Å²) in [5.41, 5.74) is 2.74. The minimum atomic E-state index is 0.154. The Hall–Kier alpha value is -1.94. The zero-order valence-corrected chi connectivity index (χ0v) is 11.3. The molecule has 0 spiro atoms. The summed E-state index contributed by atoms with van der Waals surface area (Å²) >= 11 is 0. The van der Waals surface area contributed by atoms with E-state index in [4.69, 9.17) is 9.84 Å². The van der Waals surface area contributed by atoms with Crippen molar-refractivity contribution in [1.29, 1.82) is 0 Å². The zero-order chi connectivity index (χ0) is 13.7. The highest BCUT2D eigenvalue weighted by molar-refractivity contribution is 5.67. The molecule has 1 heterocycles. The van der Waals surface area contributed by atoms with Gasteiger partial charge in [0.2, 0.25) is 0 Å². The molecule has 0 atom stereocenters. The van der Waals surface area contributed by atoms with Crippen LogP contribution in [0.5, 0.6) is 5.75 Å². The number of aliphatic hydroxyl groups excluding tert-OH is 1. The Kier molecular flexibility index (Phi) is 4.47. The van der Waals surface area contributed by atoms with Crippen molar-refractivity contribution in [1.82, 2.24) is 9.97 Å². The van der Waals surface area contributed by atoms with Crippen LogP contribution in [0.2, 0.25) is 0 Å². The van der Waals surface area contributed by atoms with Crippen LogP contribution >= 0.6 is 0 Å². The molecule has 0 unspecified atom stereocenters. The number of aryl methyl sites for hydroxylation is 2. The number of methoxy groups -OCH3 is 1. The van der Waals surface area contributed by atoms with Crippen molar-refractivity contribution < 1.29 is 9.84 Å². The fourth-order valence-electron chi connectivity index (χ4n) is 1.97. The second-order valence-electron chi connectivity index (χ2n) is 4.34. The van der Waals surface area contributed by atoms with E-state index < -0.39 is 0 Å². The quantitative estimate of drug-likeness (QED) is 0.894. The third kappa shape index (κ3) is 3.29. The Balaban J connectivity index is 2.41. The molecule has 0 aliphatic rings. The van der Waals surface area contributed by atoms with Crippen LogP contribution in [0.15, 0.2) is 30.3 Å². The van der Waals surface area contributed by atoms with Crippen molar-refractivity contribution in [2.75, 3.05) is 13.7 Å². The number of aliphatic hydroxyl groups is 1. The summed E-state index contributed by atoms with van der Waals surface area (Å²) in [6.07, 6.45) is 1.36. The fraction of sp³-hybridized carbons (Fsp3) is 0.333. The monoisotopic (exact) mass is 258 g/mol. The van der Waals surface area contributed by atoms with Gasteiger partial charge < -0.3 is 9.84 Å². The van der Waals surface area contributed by atoms with Crippen molar-refractivity contribution >= 4 is 0 Å². The van der Waals surface area contributed by atoms with E-state index in [1.54, 1.807) is 7.11 Å². The lowest BCUT2D eigenvalue weighted by atomic mass is 10.1. The van der Waals surface area contributed by atoms with Gasteiger partial charge in [-0.3, -0.25) is 0 Å². The molecule has 0 aliphatic heterocycles. The van der Waals surface area contributed by atoms with Crippen molar-refractivity contribution in [3.63, 3.8) is 0 Å². The van der Waals surface area contributed by atoms with Crippen LogP contribution in [0, 0.1) is 6.92 Å². The second-order valence-corrected chi connectivity index (χ2v) is 4.34. The van der Waals surface area contributed by atoms with Gasteiger partial charge in [-0.25, -0.2) is 9.97 Å². The summed E-state index contributed by atoms with van der Waals surface area (Å²) in [4.78, 5) is 8.94. The van der Waals surface area contributed by atoms with Crippen LogP contribution in [0.25, 0.3) is 11.3 Å². The first kappa shape index (κ1) is 13.5. The molecule has 0 bridgehead atoms. The standard InChI is InChI=1S/C15H18N2O2/c1-11-10-13(17-15(16-11)8-5-9-18)12-6-3-4-7-14(12)19-2/h3-4,6-7,10,18H,5,8-9H2,1-2H3. The number of hydrogen-bond donors (Lipinski definition) is 1. The Morgan fingerprint density at radius 3 is 2.74 bits per heavy atom. The molecule has 0 saturated heterocycles. The van der Waals surface area contributed by atoms with Gasteiger partial charge >= 0.3 is 0 Å². The summed E-state index contributed by atoms with van der Waals surface area (Å²) in [7, 11) is 1.65. The van der Waals surface area contributed by atoms with Gasteiger partial charge in [-0.1, -0.05) is 12.1 Å². The Labute approximate surface area is 113 Å². The molecule has 1 aromatic heterocycles. The molecule has 1 aromatic carbocycles. The van der Waals surface area contributed by atoms with E-state index in [2.05, 4.69) is 9.97 Å². The maximum Gasteiger partial charge on any atom is 0.129 e. The largest absolute Gasteiger partial charge is 0.496 e. The third-order valence-electron chi connectivity index (χ3n) is 2.84. The Morgan fingerprint density at radius 1 is 1.21 bits per heavy atom. The molecular weight excluding hydrogens is 240 g/mol. The molecule has 4 nitrogen and oxygen atoms in total. The van der Waals surface area contributed by atoms with E-state index in [0.717, 1.165) is 28.5 Å². The molecule has 0 amide bonds. The molecule has 0 radical (unpaired) electrons. The molecule has 19 heavy (non-hydrogen) atoms. The summed E-state index contributed by atoms with van der Waals surface area (Å²) < 4.78 is 5.36. The van der Waals surface area contributed by atoms with E-state index in [9.17, 15) is 0 Å². The van der Waals surface area contributed by atoms with E-state index >= 15 is 0 Å². The van der Waals surface area contributed by atoms with Gasteiger partial charge in [0, 0.05) is 24.3 Å². The average Bonchev–Trinajstić information content (AvgIpc) is 2.44. The van der Waals surface area contributed by atoms with Gasteiger partial charge in [0.1, 0.15) is 11.6 Å². The van der Waals surface area contributed by atoms with Gasteiger partial charge in [0.05, 0.1) is 12.8 Å². The number of nitrogens with zero attached hydrogens (tertiary/aromatic N) is 2. The van der Waals surface area contributed by atoms with Crippen LogP contribution in [0.1, 0.15) is 17.9 Å². The van der Waals surface area contributed by atoms with Crippen LogP contribution in [0.3, 0.4) is 0 Å². The van der Waals surface area contributed by atoms with Crippen LogP contribution in [-0.2, 0) is 6.42 Å². The maximum absolute atomic E-state index is 8.89. The molecule has 2 rings (SSSR count). The molecule has 0 saturated carbocycles. The number of rotatable bonds is 5. The smallest absolute Gasteiger partial charge is 0.129 e. The molecule has 2 aromatic rings. The number of ether oxygens (including phenoxy) is 1. The highest BCUT2D eigenvalue weighted by Gasteiger charge is 2.09. The number of hydrogen-bond acceptors (Lipinski definition) is 4. The number of aromatic nitrogens is 2. The SMILES string of the molecule is COc1ccccc1-c1cc(C)nc(CCCO)n1. The minimum Gasteiger partial charge on any atom is -0.496 e. The Morgan fingerprint density at radius 2 is 2.00 bits per heavy atom. The molecule has 0 aliphatic carbocycles. The summed E-state index contributed by atoms with van der Waals surface area (Å²) in [5, 5.41) is 8.89. The number of para-hydroxylation sites is 1. The van der Waals surface area contributed by atoms with Gasteiger partial charge in [0.15, 0.2) is 0 Å². The maximum atomic E-state index is 8.89. The predicted molar refractivity (Wildman–Crippen MR) is 74.2 cm³/mol. The number of benzene rings is 1. The van der Waals surface area contributed by atoms with Crippen LogP contribution < -0.4 is 4.74 Å². The molecule has 0 fully saturated rings. The lowest BCUT2D eigenvalue weighted by Gasteiger charge is -2.09. The van der Waals surface area contributed by atoms with E-state index in [1.165, 1.54) is 0 Å². The van der Waals surface area contributed by atoms with Crippen LogP contribution in [0.4, 0.5) is 0 Å². The first-order chi connectivity index (χ1) is 9.24. The first-order valence-corrected chi connectivity index (χ1v) is 6.33. The lowest BCUT2D eigenvalue weighted by Crippen LogP contribution is -2.01. The molecule has 1 N–H and O–H groups in total. The van der Waals surface area contributed by atoms with Crippen LogP contribution in [-0.4, -0.2) is 28.8 Å². The second kappa shape index (κ2) is 6.29. The van der Waals surface area contributed by atoms with E-state index in [1.807, 2.05) is 37.3 Å². The minimum absolute atomic E-state index is 0.154. The normalized spacial score (nSPS) is 10.5.